The Morgan fingerprint density at radius 1 is 0.833 bits per heavy atom. The Hall–Kier alpha value is -3.72. The molecule has 30 heavy (non-hydrogen) atoms. The third-order valence-electron chi connectivity index (χ3n) is 5.76. The third kappa shape index (κ3) is 2.91. The fraction of sp³-hybridized carbons (Fsp3) is 0.111. The first-order valence-electron chi connectivity index (χ1n) is 9.95. The van der Waals surface area contributed by atoms with E-state index in [0.29, 0.717) is 0 Å². The summed E-state index contributed by atoms with van der Waals surface area (Å²) in [6.45, 7) is 2.08. The van der Waals surface area contributed by atoms with Crippen molar-refractivity contribution in [2.45, 2.75) is 12.5 Å². The molecule has 4 aromatic carbocycles. The number of aromatic hydroxyl groups is 1. The molecule has 0 radical (unpaired) electrons. The molecular formula is C27H22O3. The zero-order valence-electron chi connectivity index (χ0n) is 16.9. The van der Waals surface area contributed by atoms with Crippen LogP contribution in [0.25, 0.3) is 16.8 Å². The normalized spacial score (nSPS) is 17.4. The van der Waals surface area contributed by atoms with Gasteiger partial charge in [0, 0.05) is 16.7 Å². The van der Waals surface area contributed by atoms with Gasteiger partial charge in [0.15, 0.2) is 5.60 Å². The lowest BCUT2D eigenvalue weighted by Gasteiger charge is -2.36. The number of phenolic OH excluding ortho intramolecular Hbond substituents is 1. The maximum absolute atomic E-state index is 9.82. The predicted octanol–water partition coefficient (Wildman–Crippen LogP) is 6.21. The Balaban J connectivity index is 1.70. The summed E-state index contributed by atoms with van der Waals surface area (Å²) < 4.78 is 12.1. The van der Waals surface area contributed by atoms with Crippen LogP contribution in [0.4, 0.5) is 0 Å². The fourth-order valence-corrected chi connectivity index (χ4v) is 4.11. The van der Waals surface area contributed by atoms with Gasteiger partial charge < -0.3 is 14.6 Å². The van der Waals surface area contributed by atoms with Crippen molar-refractivity contribution >= 4 is 16.8 Å². The van der Waals surface area contributed by atoms with Gasteiger partial charge in [0.2, 0.25) is 0 Å². The number of phenols is 1. The zero-order valence-corrected chi connectivity index (χ0v) is 16.9. The molecule has 1 unspecified atom stereocenters. The van der Waals surface area contributed by atoms with Crippen LogP contribution in [-0.4, -0.2) is 12.2 Å². The molecule has 148 valence electrons. The number of fused-ring (bicyclic) bond motifs is 3. The topological polar surface area (TPSA) is 38.7 Å². The summed E-state index contributed by atoms with van der Waals surface area (Å²) in [5.41, 5.74) is 3.57. The van der Waals surface area contributed by atoms with Gasteiger partial charge in [-0.15, -0.1) is 0 Å². The van der Waals surface area contributed by atoms with Crippen LogP contribution in [0.3, 0.4) is 0 Å². The molecule has 3 nitrogen and oxygen atoms in total. The molecule has 5 rings (SSSR count). The second-order valence-corrected chi connectivity index (χ2v) is 7.65. The van der Waals surface area contributed by atoms with Gasteiger partial charge in [-0.3, -0.25) is 0 Å². The third-order valence-corrected chi connectivity index (χ3v) is 5.76. The Morgan fingerprint density at radius 2 is 1.53 bits per heavy atom. The van der Waals surface area contributed by atoms with Crippen molar-refractivity contribution in [2.24, 2.45) is 0 Å². The molecule has 0 aromatic heterocycles. The summed E-state index contributed by atoms with van der Waals surface area (Å²) in [6.07, 6.45) is 4.25. The maximum Gasteiger partial charge on any atom is 0.178 e. The minimum atomic E-state index is -0.739. The van der Waals surface area contributed by atoms with Gasteiger partial charge in [-0.05, 0) is 66.2 Å². The van der Waals surface area contributed by atoms with Crippen LogP contribution < -0.4 is 9.47 Å². The van der Waals surface area contributed by atoms with Crippen LogP contribution in [0.5, 0.6) is 17.2 Å². The Morgan fingerprint density at radius 3 is 2.23 bits per heavy atom. The van der Waals surface area contributed by atoms with Gasteiger partial charge in [-0.1, -0.05) is 48.0 Å². The number of hydrogen-bond donors (Lipinski definition) is 1. The van der Waals surface area contributed by atoms with Gasteiger partial charge >= 0.3 is 0 Å². The van der Waals surface area contributed by atoms with E-state index in [0.717, 1.165) is 39.0 Å². The summed E-state index contributed by atoms with van der Waals surface area (Å²) in [6, 6.07) is 25.9. The first-order valence-corrected chi connectivity index (χ1v) is 9.95. The molecule has 1 heterocycles. The first kappa shape index (κ1) is 18.3. The second-order valence-electron chi connectivity index (χ2n) is 7.65. The van der Waals surface area contributed by atoms with Gasteiger partial charge in [-0.2, -0.15) is 0 Å². The van der Waals surface area contributed by atoms with Gasteiger partial charge in [0.1, 0.15) is 17.2 Å². The highest BCUT2D eigenvalue weighted by Gasteiger charge is 2.37. The van der Waals surface area contributed by atoms with Gasteiger partial charge in [0.05, 0.1) is 7.11 Å². The van der Waals surface area contributed by atoms with E-state index in [-0.39, 0.29) is 5.75 Å². The Labute approximate surface area is 175 Å². The van der Waals surface area contributed by atoms with E-state index in [1.165, 1.54) is 5.56 Å². The average Bonchev–Trinajstić information content (AvgIpc) is 2.79. The van der Waals surface area contributed by atoms with E-state index in [2.05, 4.69) is 43.3 Å². The average molecular weight is 394 g/mol. The van der Waals surface area contributed by atoms with Crippen LogP contribution >= 0.6 is 0 Å². The molecule has 4 aromatic rings. The monoisotopic (exact) mass is 394 g/mol. The molecule has 0 spiro atoms. The predicted molar refractivity (Wildman–Crippen MR) is 120 cm³/mol. The van der Waals surface area contributed by atoms with E-state index in [1.54, 1.807) is 19.2 Å². The SMILES string of the molecule is COc1ccc(C2(c3ccc(C)cc3)C=Cc3c(ccc4cc(O)ccc34)O2)cc1. The van der Waals surface area contributed by atoms with Crippen LogP contribution in [0, 0.1) is 6.92 Å². The lowest BCUT2D eigenvalue weighted by Crippen LogP contribution is -2.34. The number of benzene rings is 4. The van der Waals surface area contributed by atoms with E-state index < -0.39 is 5.60 Å². The zero-order chi connectivity index (χ0) is 20.7. The molecule has 3 heteroatoms. The van der Waals surface area contributed by atoms with Crippen LogP contribution in [0.2, 0.25) is 0 Å². The number of aryl methyl sites for hydroxylation is 1. The molecule has 0 saturated heterocycles. The highest BCUT2D eigenvalue weighted by Crippen LogP contribution is 2.44. The highest BCUT2D eigenvalue weighted by molar-refractivity contribution is 5.94. The maximum atomic E-state index is 9.82. The van der Waals surface area contributed by atoms with Gasteiger partial charge in [-0.25, -0.2) is 0 Å². The summed E-state index contributed by atoms with van der Waals surface area (Å²) in [5, 5.41) is 11.9. The first-order chi connectivity index (χ1) is 14.6. The van der Waals surface area contributed by atoms with Crippen LogP contribution in [0.15, 0.2) is 84.9 Å². The smallest absolute Gasteiger partial charge is 0.178 e. The van der Waals surface area contributed by atoms with Crippen molar-refractivity contribution in [3.8, 4) is 17.2 Å². The summed E-state index contributed by atoms with van der Waals surface area (Å²) in [4.78, 5) is 0. The Kier molecular flexibility index (Phi) is 4.25. The van der Waals surface area contributed by atoms with E-state index >= 15 is 0 Å². The fourth-order valence-electron chi connectivity index (χ4n) is 4.11. The number of rotatable bonds is 3. The van der Waals surface area contributed by atoms with Gasteiger partial charge in [0.25, 0.3) is 0 Å². The van der Waals surface area contributed by atoms with Crippen molar-refractivity contribution in [3.63, 3.8) is 0 Å². The summed E-state index contributed by atoms with van der Waals surface area (Å²) in [7, 11) is 1.67. The quantitative estimate of drug-likeness (QED) is 0.449. The van der Waals surface area contributed by atoms with Crippen molar-refractivity contribution in [3.05, 3.63) is 107 Å². The number of ether oxygens (including phenoxy) is 2. The molecular weight excluding hydrogens is 372 g/mol. The standard InChI is InChI=1S/C27H22O3/c1-18-3-6-20(7-4-18)27(21-8-11-23(29-2)12-9-21)16-15-25-24-13-10-22(28)17-19(24)5-14-26(25)30-27/h3-17,28H,1-2H3. The van der Waals surface area contributed by atoms with Crippen molar-refractivity contribution in [2.75, 3.05) is 7.11 Å². The van der Waals surface area contributed by atoms with E-state index in [4.69, 9.17) is 9.47 Å². The minimum Gasteiger partial charge on any atom is -0.508 e. The van der Waals surface area contributed by atoms with Crippen molar-refractivity contribution < 1.29 is 14.6 Å². The summed E-state index contributed by atoms with van der Waals surface area (Å²) >= 11 is 0. The number of methoxy groups -OCH3 is 1. The molecule has 0 bridgehead atoms. The molecule has 0 fully saturated rings. The second kappa shape index (κ2) is 6.96. The lowest BCUT2D eigenvalue weighted by molar-refractivity contribution is 0.161. The molecule has 0 amide bonds. The van der Waals surface area contributed by atoms with Crippen molar-refractivity contribution in [1.82, 2.24) is 0 Å². The molecule has 1 N–H and O–H groups in total. The number of hydrogen-bond acceptors (Lipinski definition) is 3. The van der Waals surface area contributed by atoms with E-state index in [9.17, 15) is 5.11 Å². The summed E-state index contributed by atoms with van der Waals surface area (Å²) in [5.74, 6) is 1.88. The highest BCUT2D eigenvalue weighted by atomic mass is 16.5. The molecule has 1 aliphatic heterocycles. The molecule has 0 saturated carbocycles. The molecule has 1 aliphatic rings. The van der Waals surface area contributed by atoms with Crippen molar-refractivity contribution in [1.29, 1.82) is 0 Å². The molecule has 1 atom stereocenters. The Bertz CT molecular complexity index is 1250. The van der Waals surface area contributed by atoms with E-state index in [1.807, 2.05) is 42.5 Å². The van der Waals surface area contributed by atoms with Crippen LogP contribution in [-0.2, 0) is 5.60 Å². The minimum absolute atomic E-state index is 0.260. The lowest BCUT2D eigenvalue weighted by atomic mass is 9.83. The molecule has 0 aliphatic carbocycles. The largest absolute Gasteiger partial charge is 0.508 e. The van der Waals surface area contributed by atoms with Crippen LogP contribution in [0.1, 0.15) is 22.3 Å².